The minimum atomic E-state index is -1.17. The molecule has 3 aliphatic heterocycles. The third kappa shape index (κ3) is 14.2. The van der Waals surface area contributed by atoms with E-state index in [-0.39, 0.29) is 103 Å². The molecule has 8 amide bonds. The molecule has 6 N–H and O–H groups in total. The maximum atomic E-state index is 15.4. The summed E-state index contributed by atoms with van der Waals surface area (Å²) in [5, 5.41) is 15.9. The summed E-state index contributed by atoms with van der Waals surface area (Å²) in [7, 11) is 0. The summed E-state index contributed by atoms with van der Waals surface area (Å²) >= 11 is 0. The Bertz CT molecular complexity index is 3230. The molecule has 25 nitrogen and oxygen atoms in total. The molecule has 8 rings (SSSR count). The van der Waals surface area contributed by atoms with E-state index in [4.69, 9.17) is 33.4 Å². The SMILES string of the molecule is CC[C@@]1(C)C(=O)OCc2c1cc1n(c2=O)Cc2c-1nc1cc(F)c(C)c3c1c2[C@@H](NC(=O)COCNC(=O)CNC(=O)[C@H](Cc1ccccc1)NC(=O)CNC(=O)CNC(=O)COCCOCCOCCOCCN1C(=O)C=CC1=O)C3. The number of benzene rings is 2. The van der Waals surface area contributed by atoms with Gasteiger partial charge in [0.15, 0.2) is 0 Å². The largest absolute Gasteiger partial charge is 0.460 e. The van der Waals surface area contributed by atoms with Gasteiger partial charge in [0.2, 0.25) is 35.4 Å². The highest BCUT2D eigenvalue weighted by molar-refractivity contribution is 6.12. The van der Waals surface area contributed by atoms with Crippen molar-refractivity contribution in [1.29, 1.82) is 0 Å². The number of nitrogens with one attached hydrogen (secondary N) is 6. The van der Waals surface area contributed by atoms with Gasteiger partial charge in [0.25, 0.3) is 17.4 Å². The first-order valence-electron chi connectivity index (χ1n) is 26.7. The van der Waals surface area contributed by atoms with Crippen molar-refractivity contribution >= 4 is 64.1 Å². The molecule has 0 bridgehead atoms. The molecular formula is C56H64FN9O16. The fraction of sp³-hybridized carbons (Fsp3) is 0.446. The van der Waals surface area contributed by atoms with Gasteiger partial charge >= 0.3 is 5.97 Å². The van der Waals surface area contributed by atoms with Crippen LogP contribution in [0.15, 0.2) is 59.4 Å². The molecule has 4 aromatic rings. The minimum absolute atomic E-state index is 0.0307. The molecule has 3 atom stereocenters. The average molecular weight is 1140 g/mol. The number of hydrogen-bond acceptors (Lipinski definition) is 17. The molecule has 4 aliphatic rings. The van der Waals surface area contributed by atoms with Crippen LogP contribution in [0.5, 0.6) is 0 Å². The van der Waals surface area contributed by atoms with Crippen LogP contribution in [0.25, 0.3) is 22.3 Å². The van der Waals surface area contributed by atoms with E-state index >= 15 is 4.39 Å². The van der Waals surface area contributed by atoms with Crippen LogP contribution in [0.1, 0.15) is 65.3 Å². The van der Waals surface area contributed by atoms with Crippen LogP contribution in [0, 0.1) is 12.7 Å². The zero-order valence-corrected chi connectivity index (χ0v) is 45.5. The summed E-state index contributed by atoms with van der Waals surface area (Å²) in [6.45, 7) is 4.06. The number of aromatic nitrogens is 2. The van der Waals surface area contributed by atoms with Crippen molar-refractivity contribution in [2.45, 2.75) is 70.7 Å². The third-order valence-corrected chi connectivity index (χ3v) is 14.5. The number of cyclic esters (lactones) is 1. The molecule has 436 valence electrons. The highest BCUT2D eigenvalue weighted by Crippen LogP contribution is 2.47. The zero-order chi connectivity index (χ0) is 58.5. The van der Waals surface area contributed by atoms with Gasteiger partial charge in [-0.05, 0) is 60.6 Å². The molecule has 0 spiro atoms. The number of nitrogens with zero attached hydrogens (tertiary/aromatic N) is 3. The van der Waals surface area contributed by atoms with Crippen LogP contribution in [-0.4, -0.2) is 166 Å². The van der Waals surface area contributed by atoms with Crippen molar-refractivity contribution in [2.75, 3.05) is 92.4 Å². The quantitative estimate of drug-likeness (QED) is 0.0146. The fourth-order valence-electron chi connectivity index (χ4n) is 9.93. The number of hydrogen-bond donors (Lipinski definition) is 6. The number of carbonyl (C=O) groups is 9. The van der Waals surface area contributed by atoms with Crippen molar-refractivity contribution in [1.82, 2.24) is 46.4 Å². The molecular weight excluding hydrogens is 1070 g/mol. The summed E-state index contributed by atoms with van der Waals surface area (Å²) in [6, 6.07) is 10.1. The van der Waals surface area contributed by atoms with Crippen molar-refractivity contribution in [3.8, 4) is 11.4 Å². The van der Waals surface area contributed by atoms with Gasteiger partial charge in [-0.1, -0.05) is 37.3 Å². The first kappa shape index (κ1) is 59.8. The van der Waals surface area contributed by atoms with Crippen LogP contribution in [0.3, 0.4) is 0 Å². The molecule has 1 aliphatic carbocycles. The number of pyridine rings is 2. The molecule has 2 aromatic heterocycles. The Kier molecular flexibility index (Phi) is 20.0. The number of fused-ring (bicyclic) bond motifs is 5. The highest BCUT2D eigenvalue weighted by atomic mass is 19.1. The molecule has 0 saturated carbocycles. The van der Waals surface area contributed by atoms with Crippen LogP contribution in [0.4, 0.5) is 4.39 Å². The number of halogens is 1. The molecule has 0 fully saturated rings. The molecule has 0 saturated heterocycles. The van der Waals surface area contributed by atoms with E-state index < -0.39 is 97.7 Å². The van der Waals surface area contributed by atoms with Crippen molar-refractivity contribution < 1.29 is 76.0 Å². The topological polar surface area (TPSA) is 319 Å². The standard InChI is InChI=1S/C56H64FN9O16/c1-4-56(3)37-22-42-52-35(27-66(42)54(75)36(37)28-82-55(56)76)51-39(21-34-32(2)38(57)23-40(64-52)50(34)51)62-47(71)30-81-31-61-44(68)25-60-53(74)41(20-33-8-6-5-7-9-33)63-45(69)26-58-43(67)24-59-46(70)29-80-19-18-79-17-16-78-15-14-77-13-12-65-48(72)10-11-49(65)73/h5-11,22-23,39,41H,4,12-21,24-31H2,1-3H3,(H,58,67)(H,59,70)(H,60,74)(H,61,68)(H,62,71)(H,63,69)/t39-,41-,56+/m0/s1. The van der Waals surface area contributed by atoms with E-state index in [0.717, 1.165) is 4.90 Å². The summed E-state index contributed by atoms with van der Waals surface area (Å²) in [5.74, 6) is -5.60. The fourth-order valence-corrected chi connectivity index (χ4v) is 9.93. The Morgan fingerprint density at radius 1 is 0.756 bits per heavy atom. The monoisotopic (exact) mass is 1140 g/mol. The maximum absolute atomic E-state index is 15.4. The lowest BCUT2D eigenvalue weighted by Gasteiger charge is -2.33. The van der Waals surface area contributed by atoms with E-state index in [2.05, 4.69) is 31.9 Å². The molecule has 26 heteroatoms. The maximum Gasteiger partial charge on any atom is 0.316 e. The number of ether oxygens (including phenoxy) is 6. The van der Waals surface area contributed by atoms with Crippen LogP contribution in [0.2, 0.25) is 0 Å². The van der Waals surface area contributed by atoms with E-state index in [0.29, 0.717) is 67.7 Å². The van der Waals surface area contributed by atoms with Gasteiger partial charge in [-0.25, -0.2) is 9.37 Å². The first-order chi connectivity index (χ1) is 39.5. The molecule has 82 heavy (non-hydrogen) atoms. The second-order valence-electron chi connectivity index (χ2n) is 19.8. The van der Waals surface area contributed by atoms with Gasteiger partial charge in [0.05, 0.1) is 113 Å². The van der Waals surface area contributed by atoms with Gasteiger partial charge in [-0.15, -0.1) is 0 Å². The summed E-state index contributed by atoms with van der Waals surface area (Å²) in [6.07, 6.45) is 3.07. The lowest BCUT2D eigenvalue weighted by atomic mass is 9.76. The van der Waals surface area contributed by atoms with Crippen molar-refractivity contribution in [3.63, 3.8) is 0 Å². The summed E-state index contributed by atoms with van der Waals surface area (Å²) in [5.41, 5.74) is 4.01. The zero-order valence-electron chi connectivity index (χ0n) is 45.5. The number of amides is 8. The van der Waals surface area contributed by atoms with E-state index in [1.54, 1.807) is 54.8 Å². The Hall–Kier alpha value is -8.30. The smallest absolute Gasteiger partial charge is 0.316 e. The Morgan fingerprint density at radius 2 is 1.39 bits per heavy atom. The second kappa shape index (κ2) is 27.4. The number of imide groups is 1. The van der Waals surface area contributed by atoms with E-state index in [9.17, 15) is 47.9 Å². The second-order valence-corrected chi connectivity index (χ2v) is 19.8. The van der Waals surface area contributed by atoms with Gasteiger partial charge in [0.1, 0.15) is 38.4 Å². The number of rotatable bonds is 30. The minimum Gasteiger partial charge on any atom is -0.460 e. The molecule has 2 aromatic carbocycles. The van der Waals surface area contributed by atoms with Gasteiger partial charge in [0, 0.05) is 35.6 Å². The number of esters is 1. The average Bonchev–Trinajstić information content (AvgIpc) is 3.54. The van der Waals surface area contributed by atoms with Crippen LogP contribution >= 0.6 is 0 Å². The van der Waals surface area contributed by atoms with Gasteiger partial charge < -0.3 is 64.9 Å². The first-order valence-corrected chi connectivity index (χ1v) is 26.7. The van der Waals surface area contributed by atoms with Crippen molar-refractivity contribution in [2.24, 2.45) is 0 Å². The Morgan fingerprint density at radius 3 is 2.10 bits per heavy atom. The van der Waals surface area contributed by atoms with E-state index in [1.165, 1.54) is 18.2 Å². The van der Waals surface area contributed by atoms with Crippen LogP contribution in [-0.2, 0) is 103 Å². The molecule has 0 unspecified atom stereocenters. The van der Waals surface area contributed by atoms with Gasteiger partial charge in [-0.2, -0.15) is 0 Å². The lowest BCUT2D eigenvalue weighted by molar-refractivity contribution is -0.153. The number of carbonyl (C=O) groups excluding carboxylic acids is 9. The normalized spacial score (nSPS) is 16.8. The molecule has 0 radical (unpaired) electrons. The predicted molar refractivity (Wildman–Crippen MR) is 286 cm³/mol. The third-order valence-electron chi connectivity index (χ3n) is 14.5. The Labute approximate surface area is 469 Å². The van der Waals surface area contributed by atoms with Crippen LogP contribution < -0.4 is 37.5 Å². The predicted octanol–water partition coefficient (Wildman–Crippen LogP) is -0.532. The summed E-state index contributed by atoms with van der Waals surface area (Å²) in [4.78, 5) is 133. The molecule has 5 heterocycles. The highest BCUT2D eigenvalue weighted by Gasteiger charge is 2.44. The summed E-state index contributed by atoms with van der Waals surface area (Å²) < 4.78 is 49.3. The lowest BCUT2D eigenvalue weighted by Crippen LogP contribution is -2.52. The van der Waals surface area contributed by atoms with Crippen molar-refractivity contribution in [3.05, 3.63) is 110 Å². The Balaban J connectivity index is 0.724. The van der Waals surface area contributed by atoms with Gasteiger partial charge in [-0.3, -0.25) is 52.8 Å². The van der Waals surface area contributed by atoms with E-state index in [1.807, 2.05) is 6.92 Å².